The van der Waals surface area contributed by atoms with E-state index in [-0.39, 0.29) is 5.91 Å². The van der Waals surface area contributed by atoms with Crippen LogP contribution in [0.5, 0.6) is 0 Å². The van der Waals surface area contributed by atoms with Gasteiger partial charge in [-0.1, -0.05) is 17.3 Å². The van der Waals surface area contributed by atoms with Crippen LogP contribution in [0.15, 0.2) is 35.1 Å². The molecule has 2 heterocycles. The van der Waals surface area contributed by atoms with Crippen molar-refractivity contribution in [2.45, 2.75) is 13.0 Å². The average molecular weight is 243 g/mol. The number of nitrogen functional groups attached to an aromatic ring is 1. The molecule has 0 aliphatic carbocycles. The minimum absolute atomic E-state index is 0.113. The van der Waals surface area contributed by atoms with Crippen LogP contribution in [0, 0.1) is 0 Å². The Morgan fingerprint density at radius 2 is 2.28 bits per heavy atom. The minimum atomic E-state index is -0.113. The number of nitrogens with two attached hydrogens (primary N) is 1. The summed E-state index contributed by atoms with van der Waals surface area (Å²) in [7, 11) is 0. The SMILES string of the molecule is Nc1cccc2c1CN(C(=O)c1ccon1)CC2. The molecule has 0 saturated carbocycles. The van der Waals surface area contributed by atoms with Crippen LogP contribution >= 0.6 is 0 Å². The highest BCUT2D eigenvalue weighted by atomic mass is 16.5. The molecule has 3 rings (SSSR count). The van der Waals surface area contributed by atoms with Gasteiger partial charge in [0.15, 0.2) is 5.69 Å². The number of hydrogen-bond acceptors (Lipinski definition) is 4. The molecule has 1 amide bonds. The quantitative estimate of drug-likeness (QED) is 0.769. The molecule has 5 nitrogen and oxygen atoms in total. The van der Waals surface area contributed by atoms with Crippen LogP contribution in [-0.2, 0) is 13.0 Å². The summed E-state index contributed by atoms with van der Waals surface area (Å²) in [5.74, 6) is -0.113. The molecule has 1 aromatic heterocycles. The van der Waals surface area contributed by atoms with Gasteiger partial charge in [-0.25, -0.2) is 0 Å². The van der Waals surface area contributed by atoms with Crippen LogP contribution < -0.4 is 5.73 Å². The third-order valence-electron chi connectivity index (χ3n) is 3.25. The summed E-state index contributed by atoms with van der Waals surface area (Å²) in [6.07, 6.45) is 2.23. The highest BCUT2D eigenvalue weighted by Gasteiger charge is 2.24. The zero-order valence-corrected chi connectivity index (χ0v) is 9.80. The molecule has 0 radical (unpaired) electrons. The molecule has 0 unspecified atom stereocenters. The molecule has 1 aliphatic rings. The highest BCUT2D eigenvalue weighted by Crippen LogP contribution is 2.24. The number of benzene rings is 1. The molecule has 18 heavy (non-hydrogen) atoms. The Balaban J connectivity index is 1.87. The molecule has 2 N–H and O–H groups in total. The van der Waals surface area contributed by atoms with E-state index >= 15 is 0 Å². The van der Waals surface area contributed by atoms with Gasteiger partial charge in [0.1, 0.15) is 6.26 Å². The predicted molar refractivity (Wildman–Crippen MR) is 65.8 cm³/mol. The van der Waals surface area contributed by atoms with E-state index in [0.29, 0.717) is 18.8 Å². The van der Waals surface area contributed by atoms with Crippen molar-refractivity contribution in [2.75, 3.05) is 12.3 Å². The largest absolute Gasteiger partial charge is 0.398 e. The number of carbonyl (C=O) groups is 1. The number of fused-ring (bicyclic) bond motifs is 1. The van der Waals surface area contributed by atoms with E-state index in [1.54, 1.807) is 11.0 Å². The molecular weight excluding hydrogens is 230 g/mol. The van der Waals surface area contributed by atoms with Gasteiger partial charge in [0.2, 0.25) is 0 Å². The van der Waals surface area contributed by atoms with Gasteiger partial charge >= 0.3 is 0 Å². The van der Waals surface area contributed by atoms with Crippen LogP contribution in [0.1, 0.15) is 21.6 Å². The lowest BCUT2D eigenvalue weighted by atomic mass is 9.98. The molecule has 0 spiro atoms. The lowest BCUT2D eigenvalue weighted by molar-refractivity contribution is 0.0724. The van der Waals surface area contributed by atoms with Gasteiger partial charge in [0, 0.05) is 24.8 Å². The summed E-state index contributed by atoms with van der Waals surface area (Å²) in [6, 6.07) is 7.45. The maximum absolute atomic E-state index is 12.1. The molecule has 0 atom stereocenters. The summed E-state index contributed by atoms with van der Waals surface area (Å²) >= 11 is 0. The van der Waals surface area contributed by atoms with Crippen molar-refractivity contribution in [3.05, 3.63) is 47.3 Å². The Morgan fingerprint density at radius 3 is 3.06 bits per heavy atom. The second-order valence-corrected chi connectivity index (χ2v) is 4.35. The van der Waals surface area contributed by atoms with Crippen LogP contribution in [0.25, 0.3) is 0 Å². The summed E-state index contributed by atoms with van der Waals surface area (Å²) in [5.41, 5.74) is 9.30. The zero-order chi connectivity index (χ0) is 12.5. The summed E-state index contributed by atoms with van der Waals surface area (Å²) in [5, 5.41) is 3.67. The van der Waals surface area contributed by atoms with E-state index < -0.39 is 0 Å². The number of nitrogens with zero attached hydrogens (tertiary/aromatic N) is 2. The normalized spacial score (nSPS) is 14.3. The van der Waals surface area contributed by atoms with E-state index in [9.17, 15) is 4.79 Å². The van der Waals surface area contributed by atoms with Gasteiger partial charge in [0.05, 0.1) is 0 Å². The van der Waals surface area contributed by atoms with Gasteiger partial charge in [0.25, 0.3) is 5.91 Å². The molecule has 0 saturated heterocycles. The van der Waals surface area contributed by atoms with Crippen molar-refractivity contribution in [2.24, 2.45) is 0 Å². The predicted octanol–water partition coefficient (Wildman–Crippen LogP) is 1.46. The fourth-order valence-electron chi connectivity index (χ4n) is 2.27. The summed E-state index contributed by atoms with van der Waals surface area (Å²) < 4.78 is 4.70. The van der Waals surface area contributed by atoms with Crippen LogP contribution in [0.3, 0.4) is 0 Å². The maximum atomic E-state index is 12.1. The maximum Gasteiger partial charge on any atom is 0.276 e. The number of hydrogen-bond donors (Lipinski definition) is 1. The molecule has 1 aliphatic heterocycles. The van der Waals surface area contributed by atoms with Gasteiger partial charge in [-0.3, -0.25) is 4.79 Å². The van der Waals surface area contributed by atoms with Gasteiger partial charge in [-0.15, -0.1) is 0 Å². The molecule has 92 valence electrons. The Hall–Kier alpha value is -2.30. The third kappa shape index (κ3) is 1.73. The molecule has 0 fully saturated rings. The van der Waals surface area contributed by atoms with Gasteiger partial charge in [-0.05, 0) is 23.6 Å². The molecule has 1 aromatic carbocycles. The van der Waals surface area contributed by atoms with E-state index in [2.05, 4.69) is 11.2 Å². The van der Waals surface area contributed by atoms with E-state index in [1.807, 2.05) is 12.1 Å². The molecule has 2 aromatic rings. The monoisotopic (exact) mass is 243 g/mol. The van der Waals surface area contributed by atoms with Crippen molar-refractivity contribution in [1.82, 2.24) is 10.1 Å². The second-order valence-electron chi connectivity index (χ2n) is 4.35. The van der Waals surface area contributed by atoms with Gasteiger partial charge < -0.3 is 15.2 Å². The Morgan fingerprint density at radius 1 is 1.39 bits per heavy atom. The lowest BCUT2D eigenvalue weighted by Gasteiger charge is -2.29. The molecular formula is C13H13N3O2. The summed E-state index contributed by atoms with van der Waals surface area (Å²) in [4.78, 5) is 13.9. The number of anilines is 1. The second kappa shape index (κ2) is 4.18. The topological polar surface area (TPSA) is 72.4 Å². The van der Waals surface area contributed by atoms with Crippen LogP contribution in [0.2, 0.25) is 0 Å². The first-order valence-electron chi connectivity index (χ1n) is 5.81. The number of carbonyl (C=O) groups excluding carboxylic acids is 1. The average Bonchev–Trinajstić information content (AvgIpc) is 2.92. The van der Waals surface area contributed by atoms with Gasteiger partial charge in [-0.2, -0.15) is 0 Å². The lowest BCUT2D eigenvalue weighted by Crippen LogP contribution is -2.36. The minimum Gasteiger partial charge on any atom is -0.398 e. The van der Waals surface area contributed by atoms with Crippen molar-refractivity contribution < 1.29 is 9.32 Å². The van der Waals surface area contributed by atoms with Crippen molar-refractivity contribution >= 4 is 11.6 Å². The van der Waals surface area contributed by atoms with E-state index in [1.165, 1.54) is 11.8 Å². The van der Waals surface area contributed by atoms with E-state index in [4.69, 9.17) is 10.3 Å². The Labute approximate surface area is 104 Å². The highest BCUT2D eigenvalue weighted by molar-refractivity contribution is 5.92. The standard InChI is InChI=1S/C13H13N3O2/c14-11-3-1-2-9-4-6-16(8-10(9)11)13(17)12-5-7-18-15-12/h1-3,5,7H,4,6,8,14H2. The fourth-order valence-corrected chi connectivity index (χ4v) is 2.27. The van der Waals surface area contributed by atoms with Crippen molar-refractivity contribution in [3.63, 3.8) is 0 Å². The Kier molecular flexibility index (Phi) is 2.51. The first kappa shape index (κ1) is 10.8. The number of rotatable bonds is 1. The van der Waals surface area contributed by atoms with Crippen molar-refractivity contribution in [3.8, 4) is 0 Å². The fraction of sp³-hybridized carbons (Fsp3) is 0.231. The third-order valence-corrected chi connectivity index (χ3v) is 3.25. The molecule has 5 heteroatoms. The number of aromatic nitrogens is 1. The van der Waals surface area contributed by atoms with Crippen LogP contribution in [-0.4, -0.2) is 22.5 Å². The zero-order valence-electron chi connectivity index (χ0n) is 9.80. The first-order chi connectivity index (χ1) is 8.75. The van der Waals surface area contributed by atoms with Crippen LogP contribution in [0.4, 0.5) is 5.69 Å². The molecule has 0 bridgehead atoms. The van der Waals surface area contributed by atoms with E-state index in [0.717, 1.165) is 17.7 Å². The Bertz CT molecular complexity index is 578. The first-order valence-corrected chi connectivity index (χ1v) is 5.81. The summed E-state index contributed by atoms with van der Waals surface area (Å²) in [6.45, 7) is 1.22. The smallest absolute Gasteiger partial charge is 0.276 e. The van der Waals surface area contributed by atoms with Crippen molar-refractivity contribution in [1.29, 1.82) is 0 Å². The number of amides is 1.